The van der Waals surface area contributed by atoms with Gasteiger partial charge in [0.2, 0.25) is 11.8 Å². The van der Waals surface area contributed by atoms with Crippen molar-refractivity contribution in [2.75, 3.05) is 30.8 Å². The molecule has 0 spiro atoms. The molecule has 8 rings (SSSR count). The lowest BCUT2D eigenvalue weighted by Gasteiger charge is -2.24. The number of ether oxygens (including phenoxy) is 2. The fourth-order valence-electron chi connectivity index (χ4n) is 7.84. The number of carbonyl (C=O) groups excluding carboxylic acids is 1. The molecule has 2 aliphatic rings. The third-order valence-electron chi connectivity index (χ3n) is 10.3. The van der Waals surface area contributed by atoms with Crippen LogP contribution in [-0.2, 0) is 35.5 Å². The zero-order valence-electron chi connectivity index (χ0n) is 32.0. The van der Waals surface area contributed by atoms with Gasteiger partial charge in [-0.1, -0.05) is 23.5 Å². The van der Waals surface area contributed by atoms with Gasteiger partial charge in [-0.15, -0.1) is 0 Å². The SMILES string of the molecule is CSNc1nn(C)c2c(-n3c(C(Cc4cc(F)cc(F)c4)NC(=O)Cn4nc(C(F)F)c5c4C(F)(F)C4CC54)nc4nc(OCCOCC(F)(F)F)ccc4c3=O)ccc(Cl)c12. The van der Waals surface area contributed by atoms with Gasteiger partial charge in [-0.2, -0.15) is 37.1 Å². The lowest BCUT2D eigenvalue weighted by atomic mass is 10.0. The molecule has 0 radical (unpaired) electrons. The molecular formula is C38H31ClF9N9O4S. The zero-order chi connectivity index (χ0) is 44.4. The van der Waals surface area contributed by atoms with Crippen LogP contribution in [0.5, 0.6) is 5.88 Å². The van der Waals surface area contributed by atoms with Crippen LogP contribution in [0.4, 0.5) is 45.3 Å². The highest BCUT2D eigenvalue weighted by Gasteiger charge is 2.67. The minimum Gasteiger partial charge on any atom is -0.475 e. The first-order chi connectivity index (χ1) is 29.4. The number of alkyl halides is 7. The normalized spacial score (nSPS) is 17.1. The second-order valence-corrected chi connectivity index (χ2v) is 15.5. The van der Waals surface area contributed by atoms with Crippen molar-refractivity contribution in [3.05, 3.63) is 97.8 Å². The molecule has 3 atom stereocenters. The lowest BCUT2D eigenvalue weighted by Crippen LogP contribution is -2.38. The molecule has 0 bridgehead atoms. The molecule has 4 heterocycles. The van der Waals surface area contributed by atoms with E-state index in [1.165, 1.54) is 40.9 Å². The molecule has 62 heavy (non-hydrogen) atoms. The third-order valence-corrected chi connectivity index (χ3v) is 11.0. The van der Waals surface area contributed by atoms with Crippen LogP contribution in [0.3, 0.4) is 0 Å². The minimum atomic E-state index is -4.58. The van der Waals surface area contributed by atoms with Crippen LogP contribution in [0.25, 0.3) is 27.6 Å². The van der Waals surface area contributed by atoms with Crippen molar-refractivity contribution in [1.29, 1.82) is 0 Å². The highest BCUT2D eigenvalue weighted by molar-refractivity contribution is 7.99. The van der Waals surface area contributed by atoms with Crippen LogP contribution < -0.4 is 20.3 Å². The van der Waals surface area contributed by atoms with Gasteiger partial charge >= 0.3 is 6.18 Å². The smallest absolute Gasteiger partial charge is 0.411 e. The number of hydrogen-bond acceptors (Lipinski definition) is 10. The molecule has 6 aromatic rings. The Kier molecular flexibility index (Phi) is 11.3. The number of aryl methyl sites for hydroxylation is 1. The van der Waals surface area contributed by atoms with Crippen molar-refractivity contribution < 1.29 is 53.8 Å². The molecule has 13 nitrogen and oxygen atoms in total. The highest BCUT2D eigenvalue weighted by atomic mass is 35.5. The first-order valence-electron chi connectivity index (χ1n) is 18.5. The molecule has 4 aromatic heterocycles. The molecular weight excluding hydrogens is 885 g/mol. The number of nitrogens with one attached hydrogen (secondary N) is 2. The zero-order valence-corrected chi connectivity index (χ0v) is 33.6. The number of hydrogen-bond donors (Lipinski definition) is 2. The standard InChI is InChI=1S/C38H31ClF9N9O4S/c1-55-30-24(5-4-22(39)28(30)34(53-55)54-62-2)57-35(51-33-19(36(57)59)3-6-26(50-33)61-8-7-60-15-37(44,45)46)23(11-16-9-17(40)12-18(41)10-16)49-25(58)14-56-31-27(29(52-56)32(42)43)20-13-21(20)38(31,47)48/h3-6,9-10,12,20-21,23,32H,7-8,11,13-15H2,1-2H3,(H,49,58)(H,53,54). The van der Waals surface area contributed by atoms with Crippen molar-refractivity contribution in [2.45, 2.75) is 49.9 Å². The maximum atomic E-state index is 15.5. The summed E-state index contributed by atoms with van der Waals surface area (Å²) >= 11 is 7.85. The molecule has 2 N–H and O–H groups in total. The van der Waals surface area contributed by atoms with E-state index >= 15 is 8.78 Å². The number of benzene rings is 2. The number of anilines is 1. The minimum absolute atomic E-state index is 0.0227. The Bertz CT molecular complexity index is 2780. The number of aromatic nitrogens is 7. The summed E-state index contributed by atoms with van der Waals surface area (Å²) in [6.07, 6.45) is -6.61. The topological polar surface area (TPSA) is 143 Å². The summed E-state index contributed by atoms with van der Waals surface area (Å²) in [5.41, 5.74) is -2.86. The molecule has 0 aliphatic heterocycles. The van der Waals surface area contributed by atoms with E-state index in [1.54, 1.807) is 13.3 Å². The Hall–Kier alpha value is -5.55. The second kappa shape index (κ2) is 16.3. The van der Waals surface area contributed by atoms with E-state index in [9.17, 15) is 40.3 Å². The molecule has 0 saturated heterocycles. The number of halogens is 10. The van der Waals surface area contributed by atoms with Gasteiger partial charge in [0.05, 0.1) is 39.6 Å². The Balaban J connectivity index is 1.27. The van der Waals surface area contributed by atoms with Crippen LogP contribution in [0, 0.1) is 17.6 Å². The van der Waals surface area contributed by atoms with E-state index in [0.717, 1.165) is 16.7 Å². The van der Waals surface area contributed by atoms with Crippen LogP contribution in [0.15, 0.2) is 47.3 Å². The Morgan fingerprint density at radius 1 is 1.06 bits per heavy atom. The van der Waals surface area contributed by atoms with E-state index in [1.807, 2.05) is 0 Å². The molecule has 24 heteroatoms. The Morgan fingerprint density at radius 3 is 2.50 bits per heavy atom. The fourth-order valence-corrected chi connectivity index (χ4v) is 8.42. The third kappa shape index (κ3) is 8.12. The Morgan fingerprint density at radius 2 is 1.81 bits per heavy atom. The number of fused-ring (bicyclic) bond motifs is 5. The average molecular weight is 916 g/mol. The molecule has 2 aromatic carbocycles. The summed E-state index contributed by atoms with van der Waals surface area (Å²) < 4.78 is 142. The van der Waals surface area contributed by atoms with Gasteiger partial charge in [0, 0.05) is 43.3 Å². The number of amides is 1. The van der Waals surface area contributed by atoms with Crippen molar-refractivity contribution in [3.8, 4) is 11.6 Å². The monoisotopic (exact) mass is 915 g/mol. The van der Waals surface area contributed by atoms with Crippen molar-refractivity contribution in [1.82, 2.24) is 39.4 Å². The Labute approximate surface area is 352 Å². The van der Waals surface area contributed by atoms with Gasteiger partial charge < -0.3 is 19.5 Å². The van der Waals surface area contributed by atoms with E-state index in [4.69, 9.17) is 16.3 Å². The second-order valence-electron chi connectivity index (χ2n) is 14.5. The number of nitrogens with zero attached hydrogens (tertiary/aromatic N) is 7. The number of carbonyl (C=O) groups is 1. The van der Waals surface area contributed by atoms with Crippen molar-refractivity contribution in [2.24, 2.45) is 13.0 Å². The van der Waals surface area contributed by atoms with Crippen LogP contribution in [0.1, 0.15) is 53.1 Å². The van der Waals surface area contributed by atoms with E-state index in [0.29, 0.717) is 22.0 Å². The molecule has 3 unspecified atom stereocenters. The predicted octanol–water partition coefficient (Wildman–Crippen LogP) is 7.69. The van der Waals surface area contributed by atoms with Gasteiger partial charge in [-0.05, 0) is 48.2 Å². The van der Waals surface area contributed by atoms with E-state index in [2.05, 4.69) is 34.9 Å². The van der Waals surface area contributed by atoms with Gasteiger partial charge in [-0.3, -0.25) is 23.5 Å². The van der Waals surface area contributed by atoms with Crippen molar-refractivity contribution in [3.63, 3.8) is 0 Å². The average Bonchev–Trinajstić information content (AvgIpc) is 3.72. The maximum absolute atomic E-state index is 15.5. The summed E-state index contributed by atoms with van der Waals surface area (Å²) in [6, 6.07) is 6.36. The fraction of sp³-hybridized carbons (Fsp3) is 0.368. The summed E-state index contributed by atoms with van der Waals surface area (Å²) in [5, 5.41) is 11.2. The number of pyridine rings is 1. The van der Waals surface area contributed by atoms with E-state index in [-0.39, 0.29) is 56.5 Å². The number of rotatable bonds is 15. The lowest BCUT2D eigenvalue weighted by molar-refractivity contribution is -0.175. The molecule has 328 valence electrons. The van der Waals surface area contributed by atoms with Gasteiger partial charge in [0.25, 0.3) is 17.9 Å². The highest BCUT2D eigenvalue weighted by Crippen LogP contribution is 2.68. The first kappa shape index (κ1) is 43.1. The largest absolute Gasteiger partial charge is 0.475 e. The maximum Gasteiger partial charge on any atom is 0.411 e. The molecule has 2 aliphatic carbocycles. The summed E-state index contributed by atoms with van der Waals surface area (Å²) in [6.45, 7) is -3.44. The van der Waals surface area contributed by atoms with Gasteiger partial charge in [-0.25, -0.2) is 22.5 Å². The predicted molar refractivity (Wildman–Crippen MR) is 207 cm³/mol. The van der Waals surface area contributed by atoms with Gasteiger partial charge in [0.1, 0.15) is 48.6 Å². The van der Waals surface area contributed by atoms with E-state index < -0.39 is 104 Å². The first-order valence-corrected chi connectivity index (χ1v) is 20.1. The summed E-state index contributed by atoms with van der Waals surface area (Å²) in [4.78, 5) is 37.8. The molecule has 1 saturated carbocycles. The molecule has 1 fully saturated rings. The van der Waals surface area contributed by atoms with Crippen LogP contribution >= 0.6 is 23.5 Å². The molecule has 1 amide bonds. The van der Waals surface area contributed by atoms with Crippen LogP contribution in [0.2, 0.25) is 5.02 Å². The summed E-state index contributed by atoms with van der Waals surface area (Å²) in [7, 11) is 1.56. The van der Waals surface area contributed by atoms with Gasteiger partial charge in [0.15, 0.2) is 11.5 Å². The van der Waals surface area contributed by atoms with Crippen molar-refractivity contribution >= 4 is 57.2 Å². The summed E-state index contributed by atoms with van der Waals surface area (Å²) in [5.74, 6) is -8.99. The quantitative estimate of drug-likeness (QED) is 0.0598. The van der Waals surface area contributed by atoms with Crippen LogP contribution in [-0.4, -0.2) is 72.3 Å².